The molecule has 2 bridgehead atoms. The molecule has 0 spiro atoms. The van der Waals surface area contributed by atoms with Crippen molar-refractivity contribution in [2.24, 2.45) is 23.7 Å². The largest absolute Gasteiger partial charge is 0.309 e. The van der Waals surface area contributed by atoms with E-state index >= 15 is 0 Å². The van der Waals surface area contributed by atoms with Crippen molar-refractivity contribution >= 4 is 22.5 Å². The Bertz CT molecular complexity index is 1600. The summed E-state index contributed by atoms with van der Waals surface area (Å²) in [6, 6.07) is 19.4. The molecule has 2 unspecified atom stereocenters. The lowest BCUT2D eigenvalue weighted by Crippen LogP contribution is -2.32. The second-order valence-electron chi connectivity index (χ2n) is 12.8. The molecule has 0 radical (unpaired) electrons. The number of amides is 1. The molecule has 2 fully saturated rings. The third-order valence-electron chi connectivity index (χ3n) is 9.82. The van der Waals surface area contributed by atoms with Gasteiger partial charge in [0.15, 0.2) is 5.82 Å². The van der Waals surface area contributed by atoms with Gasteiger partial charge in [0.2, 0.25) is 5.91 Å². The Labute approximate surface area is 241 Å². The second kappa shape index (κ2) is 11.0. The Morgan fingerprint density at radius 2 is 1.66 bits per heavy atom. The van der Waals surface area contributed by atoms with E-state index in [1.54, 1.807) is 6.07 Å². The topological polar surface area (TPSA) is 54.9 Å². The number of nitrogens with zero attached hydrogens (tertiary/aromatic N) is 2. The molecule has 3 aliphatic rings. The third kappa shape index (κ3) is 5.51. The average molecular weight is 548 g/mol. The van der Waals surface area contributed by atoms with E-state index in [2.05, 4.69) is 36.5 Å². The Balaban J connectivity index is 1.18. The third-order valence-corrected chi connectivity index (χ3v) is 9.82. The minimum atomic E-state index is -0.211. The van der Waals surface area contributed by atoms with Crippen LogP contribution in [0, 0.1) is 29.5 Å². The fourth-order valence-corrected chi connectivity index (χ4v) is 8.00. The summed E-state index contributed by atoms with van der Waals surface area (Å²) in [4.78, 5) is 23.6. The molecule has 5 heteroatoms. The fraction of sp³-hybridized carbons (Fsp3) is 0.417. The maximum absolute atomic E-state index is 14.0. The number of benzene rings is 3. The Morgan fingerprint density at radius 1 is 0.878 bits per heavy atom. The number of halogens is 1. The standard InChI is InChI=1S/C36H38FN3O/c1-2-22-13-24-15-25(14-22)17-26(16-24)19-33-36(39-32-12-9-29-21-30(37)10-11-31(29)35(32)38-33)40-34(41)20-23-7-8-27-5-3-4-6-28(27)18-23/h3-8,10-11,18,21-22,24-26H,2,9,12-17,19-20H2,1H3,(H,39,40,41). The van der Waals surface area contributed by atoms with Crippen LogP contribution in [0.15, 0.2) is 60.7 Å². The van der Waals surface area contributed by atoms with Gasteiger partial charge in [0, 0.05) is 5.56 Å². The van der Waals surface area contributed by atoms with Gasteiger partial charge in [-0.15, -0.1) is 0 Å². The van der Waals surface area contributed by atoms with Gasteiger partial charge < -0.3 is 5.32 Å². The van der Waals surface area contributed by atoms with Crippen LogP contribution in [0.25, 0.3) is 22.0 Å². The molecule has 3 aromatic carbocycles. The number of aryl methyl sites for hydroxylation is 2. The zero-order chi connectivity index (χ0) is 27.9. The SMILES string of the molecule is CCC1CC2CC(Cc3nc4c(nc3NC(=O)Cc3ccc5ccccc5c3)CCc3cc(F)ccc3-4)CC(C1)C2. The lowest BCUT2D eigenvalue weighted by molar-refractivity contribution is -0.115. The summed E-state index contributed by atoms with van der Waals surface area (Å²) in [6.45, 7) is 2.34. The molecule has 2 atom stereocenters. The van der Waals surface area contributed by atoms with Gasteiger partial charge in [-0.25, -0.2) is 14.4 Å². The maximum Gasteiger partial charge on any atom is 0.229 e. The van der Waals surface area contributed by atoms with Crippen molar-refractivity contribution in [1.82, 2.24) is 9.97 Å². The predicted octanol–water partition coefficient (Wildman–Crippen LogP) is 8.11. The van der Waals surface area contributed by atoms with Crippen molar-refractivity contribution in [2.75, 3.05) is 5.32 Å². The zero-order valence-electron chi connectivity index (χ0n) is 23.8. The van der Waals surface area contributed by atoms with Crippen molar-refractivity contribution in [2.45, 2.75) is 71.1 Å². The number of fused-ring (bicyclic) bond motifs is 6. The van der Waals surface area contributed by atoms with Gasteiger partial charge in [0.1, 0.15) is 5.82 Å². The summed E-state index contributed by atoms with van der Waals surface area (Å²) in [5.41, 5.74) is 5.57. The molecule has 210 valence electrons. The molecule has 4 aromatic rings. The highest BCUT2D eigenvalue weighted by atomic mass is 19.1. The summed E-state index contributed by atoms with van der Waals surface area (Å²) in [7, 11) is 0. The molecule has 1 aromatic heterocycles. The Morgan fingerprint density at radius 3 is 2.46 bits per heavy atom. The first kappa shape index (κ1) is 26.3. The van der Waals surface area contributed by atoms with Crippen molar-refractivity contribution in [1.29, 1.82) is 0 Å². The van der Waals surface area contributed by atoms with E-state index in [1.807, 2.05) is 24.3 Å². The molecule has 1 heterocycles. The lowest BCUT2D eigenvalue weighted by atomic mass is 9.63. The number of nitrogens with one attached hydrogen (secondary N) is 1. The van der Waals surface area contributed by atoms with E-state index < -0.39 is 0 Å². The van der Waals surface area contributed by atoms with Gasteiger partial charge in [0.05, 0.1) is 23.5 Å². The van der Waals surface area contributed by atoms with Crippen LogP contribution < -0.4 is 5.32 Å². The van der Waals surface area contributed by atoms with Gasteiger partial charge in [-0.3, -0.25) is 4.79 Å². The minimum absolute atomic E-state index is 0.0691. The first-order chi connectivity index (χ1) is 20.0. The van der Waals surface area contributed by atoms with E-state index in [0.717, 1.165) is 69.8 Å². The Kier molecular flexibility index (Phi) is 7.06. The van der Waals surface area contributed by atoms with E-state index in [-0.39, 0.29) is 18.1 Å². The number of carbonyl (C=O) groups is 1. The highest BCUT2D eigenvalue weighted by molar-refractivity contribution is 5.93. The molecular formula is C36H38FN3O. The first-order valence-corrected chi connectivity index (χ1v) is 15.5. The van der Waals surface area contributed by atoms with E-state index in [0.29, 0.717) is 18.2 Å². The molecule has 1 N–H and O–H groups in total. The van der Waals surface area contributed by atoms with Crippen molar-refractivity contribution in [3.63, 3.8) is 0 Å². The molecular weight excluding hydrogens is 509 g/mol. The zero-order valence-corrected chi connectivity index (χ0v) is 23.8. The summed E-state index contributed by atoms with van der Waals surface area (Å²) in [5, 5.41) is 5.48. The smallest absolute Gasteiger partial charge is 0.229 e. The van der Waals surface area contributed by atoms with E-state index in [1.165, 1.54) is 50.0 Å². The Hall–Kier alpha value is -3.60. The molecule has 7 rings (SSSR count). The monoisotopic (exact) mass is 547 g/mol. The molecule has 3 aliphatic carbocycles. The van der Waals surface area contributed by atoms with E-state index in [4.69, 9.17) is 9.97 Å². The summed E-state index contributed by atoms with van der Waals surface area (Å²) in [5.74, 6) is 3.37. The number of rotatable bonds is 6. The van der Waals surface area contributed by atoms with Crippen LogP contribution in [-0.2, 0) is 30.5 Å². The average Bonchev–Trinajstić information content (AvgIpc) is 2.96. The number of carbonyl (C=O) groups excluding carboxylic acids is 1. The fourth-order valence-electron chi connectivity index (χ4n) is 8.00. The molecule has 41 heavy (non-hydrogen) atoms. The minimum Gasteiger partial charge on any atom is -0.309 e. The van der Waals surface area contributed by atoms with Gasteiger partial charge in [-0.1, -0.05) is 55.8 Å². The molecule has 4 nitrogen and oxygen atoms in total. The number of aromatic nitrogens is 2. The molecule has 0 aliphatic heterocycles. The van der Waals surface area contributed by atoms with Crippen molar-refractivity contribution < 1.29 is 9.18 Å². The lowest BCUT2D eigenvalue weighted by Gasteiger charge is -2.42. The summed E-state index contributed by atoms with van der Waals surface area (Å²) >= 11 is 0. The number of hydrogen-bond acceptors (Lipinski definition) is 3. The molecule has 2 saturated carbocycles. The van der Waals surface area contributed by atoms with Crippen molar-refractivity contribution in [3.05, 3.63) is 89.0 Å². The van der Waals surface area contributed by atoms with Gasteiger partial charge in [-0.2, -0.15) is 0 Å². The van der Waals surface area contributed by atoms with Crippen molar-refractivity contribution in [3.8, 4) is 11.3 Å². The molecule has 1 amide bonds. The van der Waals surface area contributed by atoms with Crippen LogP contribution in [0.5, 0.6) is 0 Å². The predicted molar refractivity (Wildman–Crippen MR) is 162 cm³/mol. The van der Waals surface area contributed by atoms with Gasteiger partial charge in [-0.05, 0) is 115 Å². The van der Waals surface area contributed by atoms with E-state index in [9.17, 15) is 9.18 Å². The number of hydrogen-bond donors (Lipinski definition) is 1. The second-order valence-corrected chi connectivity index (χ2v) is 12.8. The van der Waals surface area contributed by atoms with Gasteiger partial charge >= 0.3 is 0 Å². The van der Waals surface area contributed by atoms with Gasteiger partial charge in [0.25, 0.3) is 0 Å². The highest BCUT2D eigenvalue weighted by Gasteiger charge is 2.36. The maximum atomic E-state index is 14.0. The highest BCUT2D eigenvalue weighted by Crippen LogP contribution is 2.47. The van der Waals surface area contributed by atoms with Crippen LogP contribution in [-0.4, -0.2) is 15.9 Å². The number of anilines is 1. The van der Waals surface area contributed by atoms with Crippen LogP contribution in [0.3, 0.4) is 0 Å². The summed E-state index contributed by atoms with van der Waals surface area (Å²) < 4.78 is 14.0. The summed E-state index contributed by atoms with van der Waals surface area (Å²) in [6.07, 6.45) is 10.4. The van der Waals surface area contributed by atoms with Crippen LogP contribution in [0.1, 0.15) is 68.0 Å². The molecule has 0 saturated heterocycles. The first-order valence-electron chi connectivity index (χ1n) is 15.5. The van der Waals surface area contributed by atoms with Crippen LogP contribution in [0.2, 0.25) is 0 Å². The van der Waals surface area contributed by atoms with Crippen LogP contribution in [0.4, 0.5) is 10.2 Å². The normalized spacial score (nSPS) is 23.1. The van der Waals surface area contributed by atoms with Crippen LogP contribution >= 0.6 is 0 Å². The quantitative estimate of drug-likeness (QED) is 0.265.